The van der Waals surface area contributed by atoms with Gasteiger partial charge in [-0.3, -0.25) is 4.79 Å². The van der Waals surface area contributed by atoms with Crippen LogP contribution in [0.5, 0.6) is 0 Å². The molecule has 2 N–H and O–H groups in total. The smallest absolute Gasteiger partial charge is 0.147 e. The topological polar surface area (TPSA) is 56.0 Å². The van der Waals surface area contributed by atoms with Crippen molar-refractivity contribution in [2.24, 2.45) is 0 Å². The summed E-state index contributed by atoms with van der Waals surface area (Å²) in [6, 6.07) is 11.0. The highest BCUT2D eigenvalue weighted by Gasteiger charge is 2.01. The van der Waals surface area contributed by atoms with Gasteiger partial charge in [-0.2, -0.15) is 0 Å². The van der Waals surface area contributed by atoms with Crippen LogP contribution in [0.2, 0.25) is 10.0 Å². The number of aryl methyl sites for hydroxylation is 1. The summed E-state index contributed by atoms with van der Waals surface area (Å²) in [5, 5.41) is 2.58. The molecular weight excluding hydrogens is 443 g/mol. The Morgan fingerprint density at radius 1 is 1.15 bits per heavy atom. The zero-order valence-electron chi connectivity index (χ0n) is 15.0. The van der Waals surface area contributed by atoms with E-state index < -0.39 is 0 Å². The molecule has 3 rings (SSSR count). The Kier molecular flexibility index (Phi) is 11.1. The first-order valence-corrected chi connectivity index (χ1v) is 10.7. The third-order valence-electron chi connectivity index (χ3n) is 3.23. The molecule has 3 nitrogen and oxygen atoms in total. The van der Waals surface area contributed by atoms with Gasteiger partial charge in [-0.25, -0.2) is 4.98 Å². The van der Waals surface area contributed by atoms with Crippen LogP contribution in [0, 0.1) is 0 Å². The Morgan fingerprint density at radius 3 is 2.26 bits per heavy atom. The lowest BCUT2D eigenvalue weighted by Gasteiger charge is -1.96. The highest BCUT2D eigenvalue weighted by molar-refractivity contribution is 7.80. The number of Topliss-reactive ketones (excluding diaryl/α,β-unsaturated/α-hetero) is 1. The van der Waals surface area contributed by atoms with Gasteiger partial charge in [0.2, 0.25) is 0 Å². The minimum Gasteiger partial charge on any atom is -0.398 e. The predicted octanol–water partition coefficient (Wildman–Crippen LogP) is 6.93. The number of alkyl halides is 1. The number of carbonyl (C=O) groups excluding carboxylic acids is 1. The average molecular weight is 464 g/mol. The van der Waals surface area contributed by atoms with Gasteiger partial charge in [0.15, 0.2) is 0 Å². The Bertz CT molecular complexity index is 879. The zero-order chi connectivity index (χ0) is 20.4. The van der Waals surface area contributed by atoms with Gasteiger partial charge in [-0.15, -0.1) is 35.6 Å². The minimum absolute atomic E-state index is 0.108. The molecule has 146 valence electrons. The molecule has 8 heteroatoms. The highest BCUT2D eigenvalue weighted by Crippen LogP contribution is 2.25. The maximum Gasteiger partial charge on any atom is 0.147 e. The summed E-state index contributed by atoms with van der Waals surface area (Å²) in [6.45, 7) is 3.91. The molecule has 0 bridgehead atoms. The molecule has 27 heavy (non-hydrogen) atoms. The number of rotatable bonds is 3. The third kappa shape index (κ3) is 8.71. The molecule has 0 saturated carbocycles. The number of aromatic nitrogens is 1. The van der Waals surface area contributed by atoms with E-state index in [1.165, 1.54) is 9.71 Å². The first kappa shape index (κ1) is 24.1. The van der Waals surface area contributed by atoms with Gasteiger partial charge in [-0.1, -0.05) is 37.0 Å². The molecule has 1 heterocycles. The Balaban J connectivity index is 0.000000217. The van der Waals surface area contributed by atoms with E-state index in [4.69, 9.17) is 40.5 Å². The van der Waals surface area contributed by atoms with Crippen LogP contribution in [-0.4, -0.2) is 16.6 Å². The fraction of sp³-hybridized carbons (Fsp3) is 0.263. The number of hydrogen-bond donors (Lipinski definition) is 2. The summed E-state index contributed by atoms with van der Waals surface area (Å²) in [5.41, 5.74) is 7.09. The molecule has 2 aromatic carbocycles. The van der Waals surface area contributed by atoms with E-state index in [0.29, 0.717) is 17.1 Å². The molecule has 0 aliphatic heterocycles. The number of fused-ring (bicyclic) bond motifs is 1. The summed E-state index contributed by atoms with van der Waals surface area (Å²) >= 11 is 22.3. The van der Waals surface area contributed by atoms with Crippen LogP contribution >= 0.6 is 58.8 Å². The van der Waals surface area contributed by atoms with E-state index in [0.717, 1.165) is 21.9 Å². The Labute approximate surface area is 184 Å². The number of thiazole rings is 1. The molecule has 0 aliphatic carbocycles. The van der Waals surface area contributed by atoms with Gasteiger partial charge in [0.05, 0.1) is 21.1 Å². The Hall–Kier alpha value is -0.980. The third-order valence-corrected chi connectivity index (χ3v) is 5.59. The Morgan fingerprint density at radius 2 is 1.78 bits per heavy atom. The fourth-order valence-electron chi connectivity index (χ4n) is 1.72. The lowest BCUT2D eigenvalue weighted by atomic mass is 10.3. The number of nitrogens with zero attached hydrogens (tertiary/aromatic N) is 1. The van der Waals surface area contributed by atoms with Crippen molar-refractivity contribution in [3.05, 3.63) is 51.5 Å². The largest absolute Gasteiger partial charge is 0.398 e. The van der Waals surface area contributed by atoms with Crippen LogP contribution < -0.4 is 5.73 Å². The predicted molar refractivity (Wildman–Crippen MR) is 123 cm³/mol. The normalized spacial score (nSPS) is 9.85. The van der Waals surface area contributed by atoms with Gasteiger partial charge in [0.25, 0.3) is 0 Å². The zero-order valence-corrected chi connectivity index (χ0v) is 19.0. The van der Waals surface area contributed by atoms with Crippen molar-refractivity contribution in [1.29, 1.82) is 0 Å². The van der Waals surface area contributed by atoms with Crippen molar-refractivity contribution in [2.45, 2.75) is 31.6 Å². The number of anilines is 1. The summed E-state index contributed by atoms with van der Waals surface area (Å²) in [5.74, 6) is 0.271. The van der Waals surface area contributed by atoms with E-state index in [1.807, 2.05) is 18.2 Å². The second-order valence-electron chi connectivity index (χ2n) is 5.30. The molecule has 3 aromatic rings. The average Bonchev–Trinajstić information content (AvgIpc) is 3.07. The molecule has 0 unspecified atom stereocenters. The first-order valence-electron chi connectivity index (χ1n) is 8.17. The van der Waals surface area contributed by atoms with Crippen molar-refractivity contribution in [1.82, 2.24) is 4.98 Å². The van der Waals surface area contributed by atoms with E-state index in [1.54, 1.807) is 36.5 Å². The van der Waals surface area contributed by atoms with E-state index in [-0.39, 0.29) is 11.7 Å². The molecule has 0 amide bonds. The molecule has 0 aliphatic rings. The number of ketones is 1. The van der Waals surface area contributed by atoms with Crippen LogP contribution in [0.15, 0.2) is 41.3 Å². The highest BCUT2D eigenvalue weighted by atomic mass is 35.5. The lowest BCUT2D eigenvalue weighted by Crippen LogP contribution is -1.93. The maximum atomic E-state index is 10.0. The fourth-order valence-corrected chi connectivity index (χ4v) is 3.28. The minimum atomic E-state index is 0.108. The first-order chi connectivity index (χ1) is 12.8. The summed E-state index contributed by atoms with van der Waals surface area (Å²) in [4.78, 5) is 15.2. The number of nitrogens with two attached hydrogens (primary N) is 1. The van der Waals surface area contributed by atoms with Crippen molar-refractivity contribution in [3.63, 3.8) is 0 Å². The molecule has 0 radical (unpaired) electrons. The number of halogens is 3. The van der Waals surface area contributed by atoms with Gasteiger partial charge in [0.1, 0.15) is 5.78 Å². The number of thiol groups is 1. The van der Waals surface area contributed by atoms with Crippen molar-refractivity contribution >= 4 is 80.5 Å². The number of hydrogen-bond acceptors (Lipinski definition) is 5. The number of carbonyl (C=O) groups is 1. The van der Waals surface area contributed by atoms with Crippen molar-refractivity contribution in [3.8, 4) is 0 Å². The van der Waals surface area contributed by atoms with E-state index >= 15 is 0 Å². The summed E-state index contributed by atoms with van der Waals surface area (Å²) in [7, 11) is 0. The lowest BCUT2D eigenvalue weighted by molar-refractivity contribution is -0.116. The maximum absolute atomic E-state index is 10.0. The summed E-state index contributed by atoms with van der Waals surface area (Å²) < 4.78 is 1.22. The van der Waals surface area contributed by atoms with Gasteiger partial charge in [0, 0.05) is 27.0 Å². The monoisotopic (exact) mass is 462 g/mol. The quantitative estimate of drug-likeness (QED) is 0.251. The SMILES string of the molecule is CCC(=O)CCl.CCc1nc2cc(Cl)ccc2s1.Nc1cc(Cl)ccc1S. The molecule has 0 spiro atoms. The van der Waals surface area contributed by atoms with Crippen LogP contribution in [0.1, 0.15) is 25.3 Å². The second kappa shape index (κ2) is 12.5. The standard InChI is InChI=1S/C9H8ClNS.C6H6ClNS.C4H7ClO/c1-2-9-11-7-5-6(10)3-4-8(7)12-9;7-4-1-2-6(9)5(8)3-4;1-2-4(6)3-5/h3-5H,2H2,1H3;1-3,9H,8H2;2-3H2,1H3. The van der Waals surface area contributed by atoms with Crippen LogP contribution in [-0.2, 0) is 11.2 Å². The van der Waals surface area contributed by atoms with Crippen LogP contribution in [0.4, 0.5) is 5.69 Å². The summed E-state index contributed by atoms with van der Waals surface area (Å²) in [6.07, 6.45) is 1.56. The molecule has 0 saturated heterocycles. The van der Waals surface area contributed by atoms with Crippen molar-refractivity contribution in [2.75, 3.05) is 11.6 Å². The second-order valence-corrected chi connectivity index (χ2v) is 8.04. The van der Waals surface area contributed by atoms with Crippen LogP contribution in [0.25, 0.3) is 10.2 Å². The van der Waals surface area contributed by atoms with E-state index in [2.05, 4.69) is 24.5 Å². The van der Waals surface area contributed by atoms with E-state index in [9.17, 15) is 4.79 Å². The van der Waals surface area contributed by atoms with Gasteiger partial charge < -0.3 is 5.73 Å². The molecule has 0 atom stereocenters. The van der Waals surface area contributed by atoms with Gasteiger partial charge >= 0.3 is 0 Å². The van der Waals surface area contributed by atoms with Gasteiger partial charge in [-0.05, 0) is 42.8 Å². The molecular formula is C19H21Cl3N2OS2. The molecule has 0 fully saturated rings. The number of benzene rings is 2. The van der Waals surface area contributed by atoms with Crippen LogP contribution in [0.3, 0.4) is 0 Å². The number of nitrogen functional groups attached to an aromatic ring is 1. The molecule has 1 aromatic heterocycles. The van der Waals surface area contributed by atoms with Crippen molar-refractivity contribution < 1.29 is 4.79 Å².